The molecule has 10 nitrogen and oxygen atoms in total. The Labute approximate surface area is 214 Å². The molecule has 0 radical (unpaired) electrons. The van der Waals surface area contributed by atoms with Gasteiger partial charge >= 0.3 is 6.09 Å². The number of hydrogen-bond acceptors (Lipinski definition) is 7. The monoisotopic (exact) mass is 509 g/mol. The van der Waals surface area contributed by atoms with Crippen LogP contribution < -0.4 is 20.1 Å². The minimum absolute atomic E-state index is 0.0858. The molecule has 0 saturated carbocycles. The molecule has 1 heterocycles. The second-order valence-corrected chi connectivity index (χ2v) is 8.85. The van der Waals surface area contributed by atoms with E-state index in [2.05, 4.69) is 15.6 Å². The third kappa shape index (κ3) is 6.81. The van der Waals surface area contributed by atoms with Gasteiger partial charge in [-0.05, 0) is 42.7 Å². The number of ketones is 1. The minimum atomic E-state index is -0.977. The molecule has 37 heavy (non-hydrogen) atoms. The maximum Gasteiger partial charge on any atom is 0.413 e. The zero-order valence-corrected chi connectivity index (χ0v) is 21.1. The third-order valence-electron chi connectivity index (χ3n) is 5.87. The average molecular weight is 510 g/mol. The van der Waals surface area contributed by atoms with Crippen molar-refractivity contribution in [2.75, 3.05) is 7.11 Å². The first-order chi connectivity index (χ1) is 17.6. The minimum Gasteiger partial charge on any atom is -0.497 e. The van der Waals surface area contributed by atoms with Crippen LogP contribution in [0.25, 0.3) is 0 Å². The molecule has 5 N–H and O–H groups in total. The number of aromatic amines is 1. The highest BCUT2D eigenvalue weighted by molar-refractivity contribution is 6.05. The largest absolute Gasteiger partial charge is 0.497 e. The summed E-state index contributed by atoms with van der Waals surface area (Å²) in [6.07, 6.45) is -0.937. The van der Waals surface area contributed by atoms with Crippen molar-refractivity contribution in [2.45, 2.75) is 39.3 Å². The fraction of sp³-hybridized carbons (Fsp3) is 0.296. The molecule has 196 valence electrons. The van der Waals surface area contributed by atoms with E-state index in [0.29, 0.717) is 17.1 Å². The van der Waals surface area contributed by atoms with Crippen molar-refractivity contribution in [1.29, 1.82) is 0 Å². The van der Waals surface area contributed by atoms with E-state index in [4.69, 9.17) is 9.47 Å². The number of Topliss-reactive ketones (excluding diaryl/α,β-unsaturated/α-hetero) is 1. The Balaban J connectivity index is 1.74. The number of carbonyl (C=O) groups excluding carboxylic acids is 3. The van der Waals surface area contributed by atoms with E-state index in [9.17, 15) is 24.6 Å². The summed E-state index contributed by atoms with van der Waals surface area (Å²) in [5.74, 6) is -1.25. The highest BCUT2D eigenvalue weighted by Gasteiger charge is 2.31. The number of nitrogens with one attached hydrogen (secondary N) is 3. The topological polar surface area (TPSA) is 150 Å². The number of hydrogen-bond donors (Lipinski definition) is 5. The quantitative estimate of drug-likeness (QED) is 0.259. The van der Waals surface area contributed by atoms with Crippen LogP contribution in [0.4, 0.5) is 4.79 Å². The lowest BCUT2D eigenvalue weighted by Gasteiger charge is -2.24. The van der Waals surface area contributed by atoms with E-state index in [0.717, 1.165) is 0 Å². The number of benzene rings is 2. The first-order valence-electron chi connectivity index (χ1n) is 11.7. The Kier molecular flexibility index (Phi) is 8.78. The average Bonchev–Trinajstić information content (AvgIpc) is 3.13. The summed E-state index contributed by atoms with van der Waals surface area (Å²) in [7, 11) is 1.53. The van der Waals surface area contributed by atoms with Crippen molar-refractivity contribution in [1.82, 2.24) is 15.6 Å². The summed E-state index contributed by atoms with van der Waals surface area (Å²) < 4.78 is 10.4. The van der Waals surface area contributed by atoms with Crippen molar-refractivity contribution < 1.29 is 34.1 Å². The maximum atomic E-state index is 13.2. The highest BCUT2D eigenvalue weighted by Crippen LogP contribution is 2.30. The van der Waals surface area contributed by atoms with Crippen LogP contribution in [0.2, 0.25) is 0 Å². The molecule has 0 bridgehead atoms. The Morgan fingerprint density at radius 3 is 2.08 bits per heavy atom. The summed E-state index contributed by atoms with van der Waals surface area (Å²) >= 11 is 0. The molecule has 10 heteroatoms. The van der Waals surface area contributed by atoms with Gasteiger partial charge in [-0.2, -0.15) is 0 Å². The molecular formula is C27H31N3O7. The number of H-pyrrole nitrogens is 1. The first-order valence-corrected chi connectivity index (χ1v) is 11.7. The summed E-state index contributed by atoms with van der Waals surface area (Å²) in [5, 5.41) is 25.3. The van der Waals surface area contributed by atoms with Gasteiger partial charge in [-0.3, -0.25) is 14.6 Å². The SMILES string of the molecule is COc1ccc(OC(=O)NC(CC(=O)N[C@H](C(=O)c2c(O)[nH]c(O)c2C)C(C)C)c2ccccc2)cc1. The van der Waals surface area contributed by atoms with Crippen LogP contribution in [0.3, 0.4) is 0 Å². The molecule has 0 spiro atoms. The highest BCUT2D eigenvalue weighted by atomic mass is 16.6. The van der Waals surface area contributed by atoms with Crippen molar-refractivity contribution in [2.24, 2.45) is 5.92 Å². The van der Waals surface area contributed by atoms with Crippen LogP contribution in [0.15, 0.2) is 54.6 Å². The van der Waals surface area contributed by atoms with E-state index in [-0.39, 0.29) is 29.3 Å². The molecule has 0 aliphatic carbocycles. The lowest BCUT2D eigenvalue weighted by Crippen LogP contribution is -2.46. The number of carbonyl (C=O) groups is 3. The van der Waals surface area contributed by atoms with Gasteiger partial charge in [0.2, 0.25) is 11.8 Å². The van der Waals surface area contributed by atoms with Crippen LogP contribution in [0.5, 0.6) is 23.3 Å². The van der Waals surface area contributed by atoms with E-state index >= 15 is 0 Å². The van der Waals surface area contributed by atoms with Crippen LogP contribution in [0.1, 0.15) is 47.8 Å². The lowest BCUT2D eigenvalue weighted by atomic mass is 9.93. The lowest BCUT2D eigenvalue weighted by molar-refractivity contribution is -0.122. The summed E-state index contributed by atoms with van der Waals surface area (Å²) in [6.45, 7) is 4.99. The second-order valence-electron chi connectivity index (χ2n) is 8.85. The molecular weight excluding hydrogens is 478 g/mol. The van der Waals surface area contributed by atoms with Crippen molar-refractivity contribution in [3.63, 3.8) is 0 Å². The number of methoxy groups -OCH3 is 1. The van der Waals surface area contributed by atoms with Gasteiger partial charge in [-0.15, -0.1) is 0 Å². The van der Waals surface area contributed by atoms with E-state index in [1.165, 1.54) is 14.0 Å². The Hall–Kier alpha value is -4.47. The molecule has 3 rings (SSSR count). The predicted octanol–water partition coefficient (Wildman–Crippen LogP) is 3.99. The van der Waals surface area contributed by atoms with Crippen molar-refractivity contribution in [3.05, 3.63) is 71.3 Å². The van der Waals surface area contributed by atoms with Gasteiger partial charge in [0.1, 0.15) is 11.5 Å². The Morgan fingerprint density at radius 1 is 0.919 bits per heavy atom. The van der Waals surface area contributed by atoms with Crippen molar-refractivity contribution >= 4 is 17.8 Å². The second kappa shape index (κ2) is 12.0. The molecule has 2 atom stereocenters. The smallest absolute Gasteiger partial charge is 0.413 e. The maximum absolute atomic E-state index is 13.2. The fourth-order valence-corrected chi connectivity index (χ4v) is 3.83. The van der Waals surface area contributed by atoms with Crippen molar-refractivity contribution in [3.8, 4) is 23.3 Å². The van der Waals surface area contributed by atoms with Gasteiger partial charge in [-0.1, -0.05) is 44.2 Å². The number of rotatable bonds is 10. The molecule has 0 fully saturated rings. The van der Waals surface area contributed by atoms with Crippen LogP contribution in [0, 0.1) is 12.8 Å². The number of aromatic nitrogens is 1. The molecule has 0 saturated heterocycles. The molecule has 1 unspecified atom stereocenters. The summed E-state index contributed by atoms with van der Waals surface area (Å²) in [4.78, 5) is 41.2. The van der Waals surface area contributed by atoms with Gasteiger partial charge in [0, 0.05) is 5.56 Å². The molecule has 2 aromatic carbocycles. The Bertz CT molecular complexity index is 1240. The number of ether oxygens (including phenoxy) is 2. The summed E-state index contributed by atoms with van der Waals surface area (Å²) in [6, 6.07) is 13.6. The van der Waals surface area contributed by atoms with Crippen LogP contribution >= 0.6 is 0 Å². The van der Waals surface area contributed by atoms with Gasteiger partial charge in [0.15, 0.2) is 11.7 Å². The van der Waals surface area contributed by atoms with Crippen LogP contribution in [-0.2, 0) is 4.79 Å². The van der Waals surface area contributed by atoms with Gasteiger partial charge in [-0.25, -0.2) is 4.79 Å². The third-order valence-corrected chi connectivity index (χ3v) is 5.87. The first kappa shape index (κ1) is 27.1. The zero-order chi connectivity index (χ0) is 27.1. The molecule has 0 aliphatic rings. The van der Waals surface area contributed by atoms with Gasteiger partial charge < -0.3 is 30.3 Å². The molecule has 3 aromatic rings. The fourth-order valence-electron chi connectivity index (χ4n) is 3.83. The van der Waals surface area contributed by atoms with Gasteiger partial charge in [0.05, 0.1) is 31.2 Å². The normalized spacial score (nSPS) is 12.5. The number of amides is 2. The van der Waals surface area contributed by atoms with E-state index < -0.39 is 35.7 Å². The van der Waals surface area contributed by atoms with E-state index in [1.54, 1.807) is 62.4 Å². The number of aromatic hydroxyl groups is 2. The van der Waals surface area contributed by atoms with E-state index in [1.807, 2.05) is 6.07 Å². The Morgan fingerprint density at radius 2 is 1.54 bits per heavy atom. The molecule has 1 aromatic heterocycles. The van der Waals surface area contributed by atoms with Gasteiger partial charge in [0.25, 0.3) is 0 Å². The summed E-state index contributed by atoms with van der Waals surface area (Å²) in [5.41, 5.74) is 0.769. The van der Waals surface area contributed by atoms with Crippen LogP contribution in [-0.4, -0.2) is 46.1 Å². The molecule has 0 aliphatic heterocycles. The predicted molar refractivity (Wildman–Crippen MR) is 136 cm³/mol. The zero-order valence-electron chi connectivity index (χ0n) is 21.1. The standard InChI is InChI=1S/C27H31N3O7/c1-15(2)23(24(32)22-16(3)25(33)30-26(22)34)29-21(31)14-20(17-8-6-5-7-9-17)28-27(35)37-19-12-10-18(36-4)11-13-19/h5-13,15,20,23,30,33-34H,14H2,1-4H3,(H,28,35)(H,29,31)/t20?,23-/m0/s1. The molecule has 2 amide bonds.